The summed E-state index contributed by atoms with van der Waals surface area (Å²) < 4.78 is 0. The van der Waals surface area contributed by atoms with Crippen LogP contribution in [0.5, 0.6) is 0 Å². The zero-order valence-electron chi connectivity index (χ0n) is 8.38. The molecule has 0 aliphatic carbocycles. The molecule has 2 nitrogen and oxygen atoms in total. The number of hydrogen-bond acceptors (Lipinski definition) is 2. The van der Waals surface area contributed by atoms with Crippen LogP contribution in [-0.2, 0) is 6.54 Å². The highest BCUT2D eigenvalue weighted by Crippen LogP contribution is 1.95. The van der Waals surface area contributed by atoms with Crippen LogP contribution in [0.15, 0.2) is 24.3 Å². The van der Waals surface area contributed by atoms with E-state index in [1.54, 1.807) is 0 Å². The highest BCUT2D eigenvalue weighted by molar-refractivity contribution is 5.13. The van der Waals surface area contributed by atoms with Gasteiger partial charge in [0.25, 0.3) is 0 Å². The van der Waals surface area contributed by atoms with E-state index in [1.165, 1.54) is 5.56 Å². The van der Waals surface area contributed by atoms with Gasteiger partial charge >= 0.3 is 0 Å². The van der Waals surface area contributed by atoms with Gasteiger partial charge in [-0.25, -0.2) is 0 Å². The van der Waals surface area contributed by atoms with Crippen molar-refractivity contribution in [3.05, 3.63) is 35.9 Å². The van der Waals surface area contributed by atoms with Crippen LogP contribution >= 0.6 is 0 Å². The first-order valence-electron chi connectivity index (χ1n) is 4.59. The Morgan fingerprint density at radius 3 is 2.62 bits per heavy atom. The summed E-state index contributed by atoms with van der Waals surface area (Å²) in [5.41, 5.74) is 1.32. The molecule has 1 aromatic rings. The van der Waals surface area contributed by atoms with Gasteiger partial charge in [-0.2, -0.15) is 0 Å². The van der Waals surface area contributed by atoms with Gasteiger partial charge in [0.1, 0.15) is 0 Å². The molecular weight excluding hydrogens is 160 g/mol. The lowest BCUT2D eigenvalue weighted by Gasteiger charge is -2.10. The minimum Gasteiger partial charge on any atom is -0.311 e. The normalized spacial score (nSPS) is 10.7. The molecule has 1 radical (unpaired) electrons. The number of benzene rings is 1. The van der Waals surface area contributed by atoms with Crippen LogP contribution in [0.2, 0.25) is 0 Å². The van der Waals surface area contributed by atoms with Gasteiger partial charge in [0, 0.05) is 19.6 Å². The smallest absolute Gasteiger partial charge is 0.0206 e. The van der Waals surface area contributed by atoms with Crippen LogP contribution in [0.3, 0.4) is 0 Å². The van der Waals surface area contributed by atoms with Crippen LogP contribution in [0, 0.1) is 6.07 Å². The maximum Gasteiger partial charge on any atom is 0.0206 e. The molecule has 1 N–H and O–H groups in total. The molecular formula is C11H17N2. The van der Waals surface area contributed by atoms with Gasteiger partial charge in [-0.05, 0) is 25.7 Å². The second-order valence-electron chi connectivity index (χ2n) is 3.39. The SMILES string of the molecule is CN(C)CCNCc1cc[c]cc1. The average molecular weight is 177 g/mol. The summed E-state index contributed by atoms with van der Waals surface area (Å²) in [5.74, 6) is 0. The van der Waals surface area contributed by atoms with Crippen molar-refractivity contribution in [3.8, 4) is 0 Å². The van der Waals surface area contributed by atoms with Crippen molar-refractivity contribution in [2.75, 3.05) is 27.2 Å². The lowest BCUT2D eigenvalue weighted by molar-refractivity contribution is 0.400. The van der Waals surface area contributed by atoms with Gasteiger partial charge in [-0.15, -0.1) is 0 Å². The fraction of sp³-hybridized carbons (Fsp3) is 0.455. The Morgan fingerprint density at radius 2 is 2.00 bits per heavy atom. The first kappa shape index (κ1) is 10.2. The second kappa shape index (κ2) is 5.73. The minimum absolute atomic E-state index is 0.947. The highest BCUT2D eigenvalue weighted by atomic mass is 15.1. The highest BCUT2D eigenvalue weighted by Gasteiger charge is 1.91. The van der Waals surface area contributed by atoms with E-state index in [0.717, 1.165) is 19.6 Å². The van der Waals surface area contributed by atoms with E-state index >= 15 is 0 Å². The number of nitrogens with one attached hydrogen (secondary N) is 1. The van der Waals surface area contributed by atoms with E-state index < -0.39 is 0 Å². The van der Waals surface area contributed by atoms with E-state index in [1.807, 2.05) is 12.1 Å². The lowest BCUT2D eigenvalue weighted by Crippen LogP contribution is -2.26. The van der Waals surface area contributed by atoms with Crippen molar-refractivity contribution in [1.29, 1.82) is 0 Å². The predicted octanol–water partition coefficient (Wildman–Crippen LogP) is 1.14. The summed E-state index contributed by atoms with van der Waals surface area (Å²) in [7, 11) is 4.16. The topological polar surface area (TPSA) is 15.3 Å². The van der Waals surface area contributed by atoms with Gasteiger partial charge < -0.3 is 10.2 Å². The first-order valence-corrected chi connectivity index (χ1v) is 4.59. The number of nitrogens with zero attached hydrogens (tertiary/aromatic N) is 1. The Bertz CT molecular complexity index is 219. The third-order valence-corrected chi connectivity index (χ3v) is 1.85. The van der Waals surface area contributed by atoms with Crippen molar-refractivity contribution in [3.63, 3.8) is 0 Å². The lowest BCUT2D eigenvalue weighted by atomic mass is 10.2. The van der Waals surface area contributed by atoms with Crippen LogP contribution in [-0.4, -0.2) is 32.1 Å². The van der Waals surface area contributed by atoms with Gasteiger partial charge in [0.05, 0.1) is 0 Å². The van der Waals surface area contributed by atoms with Crippen LogP contribution < -0.4 is 5.32 Å². The standard InChI is InChI=1S/C11H17N2/c1-13(2)9-8-12-10-11-6-4-3-5-7-11/h4-7,12H,8-10H2,1-2H3. The molecule has 0 bridgehead atoms. The molecule has 0 saturated heterocycles. The summed E-state index contributed by atoms with van der Waals surface area (Å²) >= 11 is 0. The number of hydrogen-bond donors (Lipinski definition) is 1. The maximum atomic E-state index is 3.38. The van der Waals surface area contributed by atoms with Crippen molar-refractivity contribution in [2.24, 2.45) is 0 Å². The molecule has 0 atom stereocenters. The van der Waals surface area contributed by atoms with Crippen molar-refractivity contribution >= 4 is 0 Å². The molecule has 0 amide bonds. The quantitative estimate of drug-likeness (QED) is 0.678. The van der Waals surface area contributed by atoms with E-state index in [0.29, 0.717) is 0 Å². The van der Waals surface area contributed by atoms with Crippen molar-refractivity contribution < 1.29 is 0 Å². The molecule has 0 heterocycles. The van der Waals surface area contributed by atoms with Crippen LogP contribution in [0.1, 0.15) is 5.56 Å². The van der Waals surface area contributed by atoms with E-state index in [9.17, 15) is 0 Å². The largest absolute Gasteiger partial charge is 0.311 e. The summed E-state index contributed by atoms with van der Waals surface area (Å²) in [6.45, 7) is 3.06. The fourth-order valence-corrected chi connectivity index (χ4v) is 1.07. The average Bonchev–Trinajstić information content (AvgIpc) is 2.14. The Hall–Kier alpha value is -0.860. The molecule has 13 heavy (non-hydrogen) atoms. The molecule has 0 unspecified atom stereocenters. The Kier molecular flexibility index (Phi) is 4.50. The Morgan fingerprint density at radius 1 is 1.31 bits per heavy atom. The van der Waals surface area contributed by atoms with Gasteiger partial charge in [0.2, 0.25) is 0 Å². The second-order valence-corrected chi connectivity index (χ2v) is 3.39. The minimum atomic E-state index is 0.947. The summed E-state index contributed by atoms with van der Waals surface area (Å²) in [5, 5.41) is 3.38. The third kappa shape index (κ3) is 4.65. The number of likely N-dealkylation sites (N-methyl/N-ethyl adjacent to an activating group) is 1. The third-order valence-electron chi connectivity index (χ3n) is 1.85. The number of rotatable bonds is 5. The molecule has 2 heteroatoms. The predicted molar refractivity (Wildman–Crippen MR) is 55.5 cm³/mol. The van der Waals surface area contributed by atoms with Crippen molar-refractivity contribution in [1.82, 2.24) is 10.2 Å². The molecule has 1 aromatic carbocycles. The molecule has 0 fully saturated rings. The summed E-state index contributed by atoms with van der Waals surface area (Å²) in [6, 6.07) is 11.1. The van der Waals surface area contributed by atoms with Crippen LogP contribution in [0.25, 0.3) is 0 Å². The monoisotopic (exact) mass is 177 g/mol. The maximum absolute atomic E-state index is 3.38. The van der Waals surface area contributed by atoms with E-state index in [-0.39, 0.29) is 0 Å². The molecule has 0 saturated carbocycles. The molecule has 0 aliphatic heterocycles. The van der Waals surface area contributed by atoms with E-state index in [4.69, 9.17) is 0 Å². The zero-order chi connectivity index (χ0) is 9.52. The summed E-state index contributed by atoms with van der Waals surface area (Å²) in [4.78, 5) is 2.17. The van der Waals surface area contributed by atoms with Crippen molar-refractivity contribution in [2.45, 2.75) is 6.54 Å². The zero-order valence-corrected chi connectivity index (χ0v) is 8.38. The van der Waals surface area contributed by atoms with Crippen LogP contribution in [0.4, 0.5) is 0 Å². The molecule has 0 aliphatic rings. The Labute approximate surface area is 80.6 Å². The first-order chi connectivity index (χ1) is 6.29. The molecule has 71 valence electrons. The molecule has 1 rings (SSSR count). The van der Waals surface area contributed by atoms with E-state index in [2.05, 4.69) is 42.5 Å². The van der Waals surface area contributed by atoms with Gasteiger partial charge in [0.15, 0.2) is 0 Å². The Balaban J connectivity index is 2.13. The molecule has 0 spiro atoms. The molecule has 0 aromatic heterocycles. The fourth-order valence-electron chi connectivity index (χ4n) is 1.07. The van der Waals surface area contributed by atoms with Gasteiger partial charge in [-0.1, -0.05) is 24.3 Å². The van der Waals surface area contributed by atoms with Gasteiger partial charge in [-0.3, -0.25) is 0 Å². The summed E-state index contributed by atoms with van der Waals surface area (Å²) in [6.07, 6.45) is 0.